The van der Waals surface area contributed by atoms with Crippen LogP contribution in [0.4, 0.5) is 16.4 Å². The number of hydrogen-bond donors (Lipinski definition) is 1. The summed E-state index contributed by atoms with van der Waals surface area (Å²) in [6.45, 7) is 9.62. The van der Waals surface area contributed by atoms with Gasteiger partial charge in [-0.15, -0.1) is 0 Å². The molecular formula is C20H23N5OS. The Balaban J connectivity index is 1.62. The van der Waals surface area contributed by atoms with Gasteiger partial charge in [-0.3, -0.25) is 4.79 Å². The number of rotatable bonds is 3. The van der Waals surface area contributed by atoms with Gasteiger partial charge in [0, 0.05) is 28.9 Å². The van der Waals surface area contributed by atoms with E-state index in [9.17, 15) is 4.79 Å². The fourth-order valence-corrected chi connectivity index (χ4v) is 4.63. The van der Waals surface area contributed by atoms with Gasteiger partial charge in [-0.05, 0) is 76.0 Å². The van der Waals surface area contributed by atoms with Crippen LogP contribution in [0.3, 0.4) is 0 Å². The fourth-order valence-electron chi connectivity index (χ4n) is 3.85. The highest BCUT2D eigenvalue weighted by Gasteiger charge is 2.45. The van der Waals surface area contributed by atoms with Crippen molar-refractivity contribution in [3.63, 3.8) is 0 Å². The highest BCUT2D eigenvalue weighted by Crippen LogP contribution is 2.42. The van der Waals surface area contributed by atoms with Crippen molar-refractivity contribution in [2.75, 3.05) is 10.2 Å². The highest BCUT2D eigenvalue weighted by molar-refractivity contribution is 7.10. The summed E-state index contributed by atoms with van der Waals surface area (Å²) in [6.07, 6.45) is 3.11. The molecule has 2 atom stereocenters. The van der Waals surface area contributed by atoms with Crippen LogP contribution in [0.1, 0.15) is 36.1 Å². The molecule has 2 aliphatic rings. The van der Waals surface area contributed by atoms with Gasteiger partial charge in [0.2, 0.25) is 11.9 Å². The summed E-state index contributed by atoms with van der Waals surface area (Å²) in [6, 6.07) is 6.40. The second-order valence-corrected chi connectivity index (χ2v) is 8.04. The number of carbonyl (C=O) groups excluding carboxylic acids is 1. The number of nitrogens with one attached hydrogen (secondary N) is 1. The standard InChI is InChI=1S/C20H23N5OS/c1-11-5-7-16(25-15-8-6-14(9-15)19(25)26)10-17(11)22-20(21-4)23-18-12(2)13(3)24-27-18/h5,7,10,14-15H,4,6,8-9H2,1-3H3,(H,22,23). The summed E-state index contributed by atoms with van der Waals surface area (Å²) in [5.74, 6) is 0.890. The second kappa shape index (κ2) is 6.88. The molecule has 1 saturated carbocycles. The molecule has 2 fully saturated rings. The van der Waals surface area contributed by atoms with E-state index in [0.29, 0.717) is 12.0 Å². The molecule has 1 aliphatic carbocycles. The minimum atomic E-state index is 0.206. The summed E-state index contributed by atoms with van der Waals surface area (Å²) < 4.78 is 4.33. The van der Waals surface area contributed by atoms with E-state index in [1.807, 2.05) is 43.9 Å². The molecule has 0 radical (unpaired) electrons. The number of aryl methyl sites for hydroxylation is 2. The van der Waals surface area contributed by atoms with Gasteiger partial charge in [-0.25, -0.2) is 9.98 Å². The first-order valence-electron chi connectivity index (χ1n) is 9.17. The number of nitrogens with zero attached hydrogens (tertiary/aromatic N) is 4. The van der Waals surface area contributed by atoms with Gasteiger partial charge in [0.1, 0.15) is 5.00 Å². The van der Waals surface area contributed by atoms with Crippen LogP contribution in [0.15, 0.2) is 28.2 Å². The Hall–Kier alpha value is -2.54. The maximum Gasteiger partial charge on any atom is 0.230 e. The maximum absolute atomic E-state index is 12.6. The first-order chi connectivity index (χ1) is 13.0. The number of hydrogen-bond acceptors (Lipinski definition) is 4. The van der Waals surface area contributed by atoms with Crippen LogP contribution >= 0.6 is 11.5 Å². The molecule has 2 bridgehead atoms. The van der Waals surface area contributed by atoms with Crippen molar-refractivity contribution >= 4 is 46.5 Å². The SMILES string of the molecule is C=NC(=Nc1snc(C)c1C)Nc1cc(N2C(=O)C3CCC2C3)ccc1C. The minimum Gasteiger partial charge on any atom is -0.324 e. The number of guanidine groups is 1. The smallest absolute Gasteiger partial charge is 0.230 e. The summed E-state index contributed by atoms with van der Waals surface area (Å²) in [5, 5.41) is 4.09. The van der Waals surface area contributed by atoms with Crippen LogP contribution in [0.25, 0.3) is 0 Å². The van der Waals surface area contributed by atoms with Gasteiger partial charge in [0.25, 0.3) is 0 Å². The van der Waals surface area contributed by atoms with Crippen molar-refractivity contribution in [3.8, 4) is 0 Å². The van der Waals surface area contributed by atoms with Crippen molar-refractivity contribution in [2.45, 2.75) is 46.1 Å². The van der Waals surface area contributed by atoms with Gasteiger partial charge in [-0.2, -0.15) is 4.37 Å². The molecule has 1 aliphatic heterocycles. The van der Waals surface area contributed by atoms with Gasteiger partial charge in [0.05, 0.1) is 5.69 Å². The Morgan fingerprint density at radius 3 is 2.78 bits per heavy atom. The lowest BCUT2D eigenvalue weighted by atomic mass is 10.1. The summed E-state index contributed by atoms with van der Waals surface area (Å²) >= 11 is 1.35. The van der Waals surface area contributed by atoms with E-state index in [1.54, 1.807) is 0 Å². The molecule has 1 saturated heterocycles. The van der Waals surface area contributed by atoms with Gasteiger partial charge >= 0.3 is 0 Å². The fraction of sp³-hybridized carbons (Fsp3) is 0.400. The number of benzene rings is 1. The quantitative estimate of drug-likeness (QED) is 0.633. The number of carbonyl (C=O) groups is 1. The van der Waals surface area contributed by atoms with Gasteiger partial charge in [-0.1, -0.05) is 6.07 Å². The topological polar surface area (TPSA) is 70.0 Å². The number of anilines is 2. The van der Waals surface area contributed by atoms with Crippen LogP contribution in [-0.2, 0) is 4.79 Å². The molecule has 140 valence electrons. The molecule has 1 aromatic carbocycles. The lowest BCUT2D eigenvalue weighted by Gasteiger charge is -2.28. The zero-order valence-electron chi connectivity index (χ0n) is 15.8. The van der Waals surface area contributed by atoms with Crippen LogP contribution in [0.2, 0.25) is 0 Å². The Bertz CT molecular complexity index is 948. The molecule has 7 heteroatoms. The zero-order valence-corrected chi connectivity index (χ0v) is 16.6. The maximum atomic E-state index is 12.6. The third kappa shape index (κ3) is 3.16. The molecule has 1 aromatic heterocycles. The average Bonchev–Trinajstić information content (AvgIpc) is 3.34. The first kappa shape index (κ1) is 17.9. The first-order valence-corrected chi connectivity index (χ1v) is 9.94. The zero-order chi connectivity index (χ0) is 19.1. The normalized spacial score (nSPS) is 21.8. The van der Waals surface area contributed by atoms with E-state index >= 15 is 0 Å². The monoisotopic (exact) mass is 381 g/mol. The van der Waals surface area contributed by atoms with Crippen LogP contribution in [0.5, 0.6) is 0 Å². The minimum absolute atomic E-state index is 0.206. The van der Waals surface area contributed by atoms with Crippen molar-refractivity contribution in [3.05, 3.63) is 35.0 Å². The van der Waals surface area contributed by atoms with Gasteiger partial charge in [0.15, 0.2) is 0 Å². The van der Waals surface area contributed by atoms with Crippen LogP contribution < -0.4 is 10.2 Å². The van der Waals surface area contributed by atoms with Crippen molar-refractivity contribution in [2.24, 2.45) is 15.9 Å². The lowest BCUT2D eigenvalue weighted by molar-refractivity contribution is -0.121. The lowest BCUT2D eigenvalue weighted by Crippen LogP contribution is -2.37. The Labute approximate surface area is 163 Å². The Morgan fingerprint density at radius 1 is 1.33 bits per heavy atom. The molecule has 0 spiro atoms. The van der Waals surface area contributed by atoms with Gasteiger partial charge < -0.3 is 10.2 Å². The molecule has 2 heterocycles. The summed E-state index contributed by atoms with van der Waals surface area (Å²) in [5.41, 5.74) is 4.90. The van der Waals surface area contributed by atoms with Crippen LogP contribution in [-0.4, -0.2) is 29.0 Å². The Kier molecular flexibility index (Phi) is 4.55. The van der Waals surface area contributed by atoms with E-state index in [1.165, 1.54) is 11.5 Å². The van der Waals surface area contributed by atoms with E-state index in [2.05, 4.69) is 26.4 Å². The van der Waals surface area contributed by atoms with E-state index in [-0.39, 0.29) is 11.8 Å². The second-order valence-electron chi connectivity index (χ2n) is 7.29. The third-order valence-electron chi connectivity index (χ3n) is 5.59. The van der Waals surface area contributed by atoms with E-state index in [0.717, 1.165) is 52.5 Å². The molecule has 2 aromatic rings. The third-order valence-corrected chi connectivity index (χ3v) is 6.53. The molecule has 2 unspecified atom stereocenters. The molecular weight excluding hydrogens is 358 g/mol. The summed E-state index contributed by atoms with van der Waals surface area (Å²) in [4.78, 5) is 23.1. The molecule has 27 heavy (non-hydrogen) atoms. The number of fused-ring (bicyclic) bond motifs is 2. The predicted octanol–water partition coefficient (Wildman–Crippen LogP) is 4.38. The highest BCUT2D eigenvalue weighted by atomic mass is 32.1. The van der Waals surface area contributed by atoms with E-state index < -0.39 is 0 Å². The number of aliphatic imine (C=N–C) groups is 2. The largest absolute Gasteiger partial charge is 0.324 e. The summed E-state index contributed by atoms with van der Waals surface area (Å²) in [7, 11) is 0. The molecule has 6 nitrogen and oxygen atoms in total. The van der Waals surface area contributed by atoms with Crippen molar-refractivity contribution in [1.82, 2.24) is 4.37 Å². The Morgan fingerprint density at radius 2 is 2.15 bits per heavy atom. The molecule has 4 rings (SSSR count). The number of aromatic nitrogens is 1. The number of piperidine rings is 1. The predicted molar refractivity (Wildman–Crippen MR) is 112 cm³/mol. The van der Waals surface area contributed by atoms with E-state index in [4.69, 9.17) is 0 Å². The van der Waals surface area contributed by atoms with Crippen LogP contribution in [0, 0.1) is 26.7 Å². The van der Waals surface area contributed by atoms with Crippen molar-refractivity contribution in [1.29, 1.82) is 0 Å². The molecule has 1 amide bonds. The number of amides is 1. The average molecular weight is 382 g/mol. The van der Waals surface area contributed by atoms with Crippen molar-refractivity contribution < 1.29 is 4.79 Å². The molecule has 1 N–H and O–H groups in total.